The first-order valence-corrected chi connectivity index (χ1v) is 15.9. The summed E-state index contributed by atoms with van der Waals surface area (Å²) in [6.07, 6.45) is 11.2. The fourth-order valence-electron chi connectivity index (χ4n) is 5.07. The maximum Gasteiger partial charge on any atom is 0.343 e. The number of benzene rings is 3. The fourth-order valence-corrected chi connectivity index (χ4v) is 5.07. The maximum atomic E-state index is 14.7. The van der Waals surface area contributed by atoms with Gasteiger partial charge in [-0.1, -0.05) is 96.4 Å². The van der Waals surface area contributed by atoms with Gasteiger partial charge in [0.2, 0.25) is 0 Å². The summed E-state index contributed by atoms with van der Waals surface area (Å²) in [4.78, 5) is 25.2. The lowest BCUT2D eigenvalue weighted by atomic mass is 9.97. The van der Waals surface area contributed by atoms with Crippen LogP contribution in [0.1, 0.15) is 113 Å². The van der Waals surface area contributed by atoms with E-state index in [0.29, 0.717) is 11.5 Å². The number of rotatable bonds is 18. The molecule has 43 heavy (non-hydrogen) atoms. The van der Waals surface area contributed by atoms with Gasteiger partial charge >= 0.3 is 11.9 Å². The normalized spacial score (nSPS) is 11.8. The van der Waals surface area contributed by atoms with E-state index in [1.165, 1.54) is 50.7 Å². The van der Waals surface area contributed by atoms with Crippen LogP contribution >= 0.6 is 0 Å². The molecule has 0 radical (unpaired) electrons. The number of unbranched alkanes of at least 4 members (excludes halogenated alkanes) is 6. The van der Waals surface area contributed by atoms with Crippen LogP contribution in [0.15, 0.2) is 66.7 Å². The summed E-state index contributed by atoms with van der Waals surface area (Å²) in [5.41, 5.74) is 2.09. The zero-order chi connectivity index (χ0) is 31.0. The molecule has 3 aromatic carbocycles. The molecule has 1 atom stereocenters. The predicted octanol–water partition coefficient (Wildman–Crippen LogP) is 10.2. The Morgan fingerprint density at radius 3 is 1.91 bits per heavy atom. The molecule has 0 aromatic heterocycles. The Balaban J connectivity index is 1.48. The summed E-state index contributed by atoms with van der Waals surface area (Å²) < 4.78 is 31.4. The lowest BCUT2D eigenvalue weighted by Crippen LogP contribution is -2.19. The zero-order valence-electron chi connectivity index (χ0n) is 26.2. The van der Waals surface area contributed by atoms with Gasteiger partial charge in [-0.3, -0.25) is 0 Å². The Morgan fingerprint density at radius 2 is 1.30 bits per heavy atom. The molecular weight excluding hydrogens is 543 g/mol. The van der Waals surface area contributed by atoms with Crippen LogP contribution < -0.4 is 9.47 Å². The van der Waals surface area contributed by atoms with Crippen molar-refractivity contribution in [1.29, 1.82) is 0 Å². The Labute approximate surface area is 256 Å². The van der Waals surface area contributed by atoms with E-state index in [1.807, 2.05) is 43.3 Å². The van der Waals surface area contributed by atoms with Crippen LogP contribution in [0.2, 0.25) is 0 Å². The largest absolute Gasteiger partial charge is 0.494 e. The van der Waals surface area contributed by atoms with E-state index in [0.717, 1.165) is 55.2 Å². The molecule has 0 aliphatic rings. The SMILES string of the molecule is CCCCCCCCCOc1ccc(-c2ccc(C(=O)Oc3ccc(C(=O)OC(C)CC(CC)CC)c(F)c3)cc2)cc1. The van der Waals surface area contributed by atoms with Gasteiger partial charge in [-0.2, -0.15) is 0 Å². The van der Waals surface area contributed by atoms with Crippen molar-refractivity contribution in [2.24, 2.45) is 5.92 Å². The molecule has 232 valence electrons. The molecule has 6 heteroatoms. The van der Waals surface area contributed by atoms with E-state index in [2.05, 4.69) is 20.8 Å². The van der Waals surface area contributed by atoms with E-state index >= 15 is 0 Å². The number of esters is 2. The molecule has 5 nitrogen and oxygen atoms in total. The molecule has 0 N–H and O–H groups in total. The lowest BCUT2D eigenvalue weighted by molar-refractivity contribution is 0.0280. The standard InChI is InChI=1S/C37H47FO5/c1-5-8-9-10-11-12-13-24-41-32-20-18-30(19-21-32)29-14-16-31(17-15-29)36(39)43-33-22-23-34(35(38)26-33)37(40)42-27(4)25-28(6-2)7-3/h14-23,26-28H,5-13,24-25H2,1-4H3. The summed E-state index contributed by atoms with van der Waals surface area (Å²) in [6, 6.07) is 18.7. The highest BCUT2D eigenvalue weighted by molar-refractivity contribution is 5.92. The number of carbonyl (C=O) groups is 2. The number of hydrogen-bond donors (Lipinski definition) is 0. The lowest BCUT2D eigenvalue weighted by Gasteiger charge is -2.19. The molecule has 0 aliphatic carbocycles. The number of halogens is 1. The van der Waals surface area contributed by atoms with Crippen LogP contribution in [-0.4, -0.2) is 24.6 Å². The second kappa shape index (κ2) is 18.1. The van der Waals surface area contributed by atoms with Crippen LogP contribution in [0.4, 0.5) is 4.39 Å². The Morgan fingerprint density at radius 1 is 0.721 bits per heavy atom. The van der Waals surface area contributed by atoms with Crippen LogP contribution in [0, 0.1) is 11.7 Å². The van der Waals surface area contributed by atoms with E-state index in [-0.39, 0.29) is 17.4 Å². The molecule has 0 bridgehead atoms. The van der Waals surface area contributed by atoms with Gasteiger partial charge in [0, 0.05) is 6.07 Å². The average molecular weight is 591 g/mol. The second-order valence-corrected chi connectivity index (χ2v) is 11.2. The first-order chi connectivity index (χ1) is 20.8. The molecule has 0 spiro atoms. The van der Waals surface area contributed by atoms with Gasteiger partial charge in [-0.05, 0) is 73.2 Å². The molecule has 0 aliphatic heterocycles. The molecule has 0 heterocycles. The van der Waals surface area contributed by atoms with Gasteiger partial charge in [0.15, 0.2) is 0 Å². The number of hydrogen-bond acceptors (Lipinski definition) is 5. The van der Waals surface area contributed by atoms with Crippen molar-refractivity contribution in [3.8, 4) is 22.6 Å². The minimum absolute atomic E-state index is 0.0142. The van der Waals surface area contributed by atoms with Crippen LogP contribution in [-0.2, 0) is 4.74 Å². The molecule has 0 amide bonds. The van der Waals surface area contributed by atoms with Crippen molar-refractivity contribution in [1.82, 2.24) is 0 Å². The highest BCUT2D eigenvalue weighted by atomic mass is 19.1. The van der Waals surface area contributed by atoms with Gasteiger partial charge in [-0.25, -0.2) is 14.0 Å². The summed E-state index contributed by atoms with van der Waals surface area (Å²) in [5.74, 6) is -0.826. The van der Waals surface area contributed by atoms with Crippen LogP contribution in [0.3, 0.4) is 0 Å². The summed E-state index contributed by atoms with van der Waals surface area (Å²) in [6.45, 7) is 8.97. The molecule has 3 aromatic rings. The zero-order valence-corrected chi connectivity index (χ0v) is 26.2. The predicted molar refractivity (Wildman–Crippen MR) is 170 cm³/mol. The number of carbonyl (C=O) groups excluding carboxylic acids is 2. The molecule has 0 saturated heterocycles. The maximum absolute atomic E-state index is 14.7. The highest BCUT2D eigenvalue weighted by Gasteiger charge is 2.20. The first-order valence-electron chi connectivity index (χ1n) is 15.9. The number of ether oxygens (including phenoxy) is 3. The van der Waals surface area contributed by atoms with Gasteiger partial charge in [-0.15, -0.1) is 0 Å². The fraction of sp³-hybridized carbons (Fsp3) is 0.459. The topological polar surface area (TPSA) is 61.8 Å². The Hall–Kier alpha value is -3.67. The smallest absolute Gasteiger partial charge is 0.343 e. The van der Waals surface area contributed by atoms with Crippen molar-refractivity contribution in [2.75, 3.05) is 6.61 Å². The molecule has 1 unspecified atom stereocenters. The van der Waals surface area contributed by atoms with E-state index in [4.69, 9.17) is 14.2 Å². The third-order valence-electron chi connectivity index (χ3n) is 7.82. The molecule has 0 fully saturated rings. The Kier molecular flexibility index (Phi) is 14.2. The quantitative estimate of drug-likeness (QED) is 0.0838. The van der Waals surface area contributed by atoms with Crippen LogP contribution in [0.5, 0.6) is 11.5 Å². The van der Waals surface area contributed by atoms with Gasteiger partial charge < -0.3 is 14.2 Å². The van der Waals surface area contributed by atoms with Crippen molar-refractivity contribution in [3.63, 3.8) is 0 Å². The van der Waals surface area contributed by atoms with Gasteiger partial charge in [0.25, 0.3) is 0 Å². The van der Waals surface area contributed by atoms with Crippen molar-refractivity contribution >= 4 is 11.9 Å². The van der Waals surface area contributed by atoms with Gasteiger partial charge in [0.1, 0.15) is 17.3 Å². The van der Waals surface area contributed by atoms with Crippen LogP contribution in [0.25, 0.3) is 11.1 Å². The summed E-state index contributed by atoms with van der Waals surface area (Å²) in [7, 11) is 0. The second-order valence-electron chi connectivity index (χ2n) is 11.2. The van der Waals surface area contributed by atoms with Crippen molar-refractivity contribution in [3.05, 3.63) is 83.7 Å². The highest BCUT2D eigenvalue weighted by Crippen LogP contribution is 2.25. The minimum atomic E-state index is -0.796. The Bertz CT molecular complexity index is 1270. The molecule has 0 saturated carbocycles. The molecule has 3 rings (SSSR count). The van der Waals surface area contributed by atoms with E-state index < -0.39 is 17.8 Å². The van der Waals surface area contributed by atoms with Crippen molar-refractivity contribution in [2.45, 2.75) is 98.0 Å². The summed E-state index contributed by atoms with van der Waals surface area (Å²) in [5, 5.41) is 0. The third kappa shape index (κ3) is 11.2. The summed E-state index contributed by atoms with van der Waals surface area (Å²) >= 11 is 0. The van der Waals surface area contributed by atoms with Crippen molar-refractivity contribution < 1.29 is 28.2 Å². The first kappa shape index (κ1) is 33.8. The molecular formula is C37H47FO5. The monoisotopic (exact) mass is 590 g/mol. The third-order valence-corrected chi connectivity index (χ3v) is 7.82. The minimum Gasteiger partial charge on any atom is -0.494 e. The average Bonchev–Trinajstić information content (AvgIpc) is 3.01. The van der Waals surface area contributed by atoms with E-state index in [1.54, 1.807) is 12.1 Å². The van der Waals surface area contributed by atoms with Gasteiger partial charge in [0.05, 0.1) is 23.8 Å². The van der Waals surface area contributed by atoms with E-state index in [9.17, 15) is 14.0 Å².